The number of aryl methyl sites for hydroxylation is 1. The Balaban J connectivity index is 1.28. The third kappa shape index (κ3) is 5.92. The Kier molecular flexibility index (Phi) is 7.05. The molecule has 0 fully saturated rings. The average Bonchev–Trinajstić information content (AvgIpc) is 2.86. The number of amides is 1. The summed E-state index contributed by atoms with van der Waals surface area (Å²) in [6, 6.07) is 18.5. The minimum atomic E-state index is -0.679. The molecule has 1 heterocycles. The third-order valence-corrected chi connectivity index (χ3v) is 5.21. The zero-order valence-electron chi connectivity index (χ0n) is 19.1. The number of non-ortho nitro benzene ring substituents is 1. The van der Waals surface area contributed by atoms with Crippen LogP contribution in [0.25, 0.3) is 11.0 Å². The lowest BCUT2D eigenvalue weighted by Gasteiger charge is -2.09. The van der Waals surface area contributed by atoms with Crippen LogP contribution in [0.2, 0.25) is 0 Å². The van der Waals surface area contributed by atoms with Crippen molar-refractivity contribution < 1.29 is 28.4 Å². The normalized spacial score (nSPS) is 10.6. The lowest BCUT2D eigenvalue weighted by atomic mass is 10.1. The summed E-state index contributed by atoms with van der Waals surface area (Å²) in [5.74, 6) is -0.733. The molecule has 0 aliphatic heterocycles. The van der Waals surface area contributed by atoms with Crippen molar-refractivity contribution in [1.29, 1.82) is 0 Å². The molecule has 0 spiro atoms. The van der Waals surface area contributed by atoms with Crippen molar-refractivity contribution in [3.8, 4) is 5.75 Å². The molecule has 1 amide bonds. The van der Waals surface area contributed by atoms with Gasteiger partial charge >= 0.3 is 11.6 Å². The Morgan fingerprint density at radius 2 is 1.72 bits per heavy atom. The van der Waals surface area contributed by atoms with Gasteiger partial charge in [0, 0.05) is 35.3 Å². The number of hydrogen-bond donors (Lipinski definition) is 1. The van der Waals surface area contributed by atoms with Crippen molar-refractivity contribution in [3.63, 3.8) is 0 Å². The summed E-state index contributed by atoms with van der Waals surface area (Å²) in [6.45, 7) is 1.53. The van der Waals surface area contributed by atoms with Crippen molar-refractivity contribution in [3.05, 3.63) is 110 Å². The number of anilines is 1. The maximum absolute atomic E-state index is 12.2. The first-order chi connectivity index (χ1) is 17.3. The first-order valence-corrected chi connectivity index (χ1v) is 10.8. The molecule has 0 saturated carbocycles. The monoisotopic (exact) mass is 488 g/mol. The second-order valence-electron chi connectivity index (χ2n) is 7.82. The van der Waals surface area contributed by atoms with E-state index < -0.39 is 29.0 Å². The molecule has 0 unspecified atom stereocenters. The highest BCUT2D eigenvalue weighted by Crippen LogP contribution is 2.23. The predicted molar refractivity (Wildman–Crippen MR) is 130 cm³/mol. The number of rotatable bonds is 8. The van der Waals surface area contributed by atoms with E-state index in [4.69, 9.17) is 13.9 Å². The largest absolute Gasteiger partial charge is 0.489 e. The lowest BCUT2D eigenvalue weighted by Crippen LogP contribution is -2.20. The molecule has 0 radical (unpaired) electrons. The summed E-state index contributed by atoms with van der Waals surface area (Å²) in [6.07, 6.45) is 0. The van der Waals surface area contributed by atoms with E-state index in [1.54, 1.807) is 36.4 Å². The quantitative estimate of drug-likeness (QED) is 0.167. The van der Waals surface area contributed by atoms with E-state index in [0.717, 1.165) is 16.5 Å². The van der Waals surface area contributed by atoms with Crippen LogP contribution in [-0.4, -0.2) is 23.4 Å². The van der Waals surface area contributed by atoms with E-state index in [1.165, 1.54) is 30.3 Å². The van der Waals surface area contributed by atoms with E-state index in [9.17, 15) is 24.5 Å². The van der Waals surface area contributed by atoms with E-state index in [1.807, 2.05) is 13.0 Å². The number of hydrogen-bond acceptors (Lipinski definition) is 8. The lowest BCUT2D eigenvalue weighted by molar-refractivity contribution is -0.384. The highest BCUT2D eigenvalue weighted by Gasteiger charge is 2.12. The zero-order valence-corrected chi connectivity index (χ0v) is 19.1. The molecular weight excluding hydrogens is 468 g/mol. The number of nitro groups is 1. The van der Waals surface area contributed by atoms with Gasteiger partial charge in [-0.3, -0.25) is 14.9 Å². The second-order valence-corrected chi connectivity index (χ2v) is 7.82. The molecule has 0 aliphatic carbocycles. The molecule has 3 aromatic carbocycles. The Labute approximate surface area is 204 Å². The highest BCUT2D eigenvalue weighted by atomic mass is 16.6. The molecule has 182 valence electrons. The fraction of sp³-hybridized carbons (Fsp3) is 0.115. The van der Waals surface area contributed by atoms with Gasteiger partial charge in [0.15, 0.2) is 6.61 Å². The van der Waals surface area contributed by atoms with Crippen molar-refractivity contribution in [1.82, 2.24) is 0 Å². The van der Waals surface area contributed by atoms with Gasteiger partial charge in [0.1, 0.15) is 17.9 Å². The number of carbonyl (C=O) groups excluding carboxylic acids is 2. The van der Waals surface area contributed by atoms with Crippen LogP contribution in [0.4, 0.5) is 11.4 Å². The van der Waals surface area contributed by atoms with Crippen molar-refractivity contribution in [2.75, 3.05) is 11.9 Å². The van der Waals surface area contributed by atoms with Gasteiger partial charge in [-0.25, -0.2) is 9.59 Å². The van der Waals surface area contributed by atoms with E-state index >= 15 is 0 Å². The molecule has 1 aromatic heterocycles. The first kappa shape index (κ1) is 24.1. The van der Waals surface area contributed by atoms with Crippen LogP contribution in [-0.2, 0) is 16.1 Å². The van der Waals surface area contributed by atoms with Crippen LogP contribution in [0.1, 0.15) is 21.5 Å². The van der Waals surface area contributed by atoms with E-state index in [2.05, 4.69) is 5.32 Å². The number of fused-ring (bicyclic) bond motifs is 1. The molecule has 4 aromatic rings. The molecule has 4 rings (SSSR count). The Bertz CT molecular complexity index is 1490. The van der Waals surface area contributed by atoms with Crippen LogP contribution in [0, 0.1) is 17.0 Å². The first-order valence-electron chi connectivity index (χ1n) is 10.8. The fourth-order valence-corrected chi connectivity index (χ4v) is 3.38. The predicted octanol–water partition coefficient (Wildman–Crippen LogP) is 4.38. The molecule has 10 heteroatoms. The number of benzene rings is 3. The molecule has 0 aliphatic rings. The standard InChI is InChI=1S/C26H20N2O8/c1-16-12-25(30)36-23-13-21(10-11-22(16)23)34-14-17-2-4-18(5-3-17)26(31)35-15-24(29)27-19-6-8-20(9-7-19)28(32)33/h2-13H,14-15H2,1H3,(H,27,29). The van der Waals surface area contributed by atoms with Gasteiger partial charge in [0.25, 0.3) is 11.6 Å². The minimum Gasteiger partial charge on any atom is -0.489 e. The average molecular weight is 488 g/mol. The summed E-state index contributed by atoms with van der Waals surface area (Å²) in [5, 5.41) is 14.0. The zero-order chi connectivity index (χ0) is 25.7. The number of ether oxygens (including phenoxy) is 2. The Hall–Kier alpha value is -4.99. The molecular formula is C26H20N2O8. The smallest absolute Gasteiger partial charge is 0.338 e. The van der Waals surface area contributed by atoms with Crippen LogP contribution >= 0.6 is 0 Å². The Morgan fingerprint density at radius 1 is 1.00 bits per heavy atom. The highest BCUT2D eigenvalue weighted by molar-refractivity contribution is 5.95. The summed E-state index contributed by atoms with van der Waals surface area (Å²) < 4.78 is 16.0. The molecule has 1 N–H and O–H groups in total. The van der Waals surface area contributed by atoms with Crippen molar-refractivity contribution >= 4 is 34.2 Å². The van der Waals surface area contributed by atoms with Crippen molar-refractivity contribution in [2.45, 2.75) is 13.5 Å². The van der Waals surface area contributed by atoms with Crippen molar-refractivity contribution in [2.24, 2.45) is 0 Å². The van der Waals surface area contributed by atoms with Gasteiger partial charge < -0.3 is 19.2 Å². The maximum Gasteiger partial charge on any atom is 0.338 e. The molecule has 0 saturated heterocycles. The third-order valence-electron chi connectivity index (χ3n) is 5.21. The number of esters is 1. The molecule has 0 atom stereocenters. The van der Waals surface area contributed by atoms with Gasteiger partial charge in [-0.05, 0) is 54.4 Å². The van der Waals surface area contributed by atoms with Gasteiger partial charge in [-0.15, -0.1) is 0 Å². The van der Waals surface area contributed by atoms with E-state index in [0.29, 0.717) is 17.0 Å². The summed E-state index contributed by atoms with van der Waals surface area (Å²) in [4.78, 5) is 46.0. The molecule has 10 nitrogen and oxygen atoms in total. The van der Waals surface area contributed by atoms with Crippen LogP contribution < -0.4 is 15.7 Å². The topological polar surface area (TPSA) is 138 Å². The van der Waals surface area contributed by atoms with Gasteiger partial charge in [0.05, 0.1) is 10.5 Å². The number of nitrogens with zero attached hydrogens (tertiary/aromatic N) is 1. The van der Waals surface area contributed by atoms with Crippen LogP contribution in [0.5, 0.6) is 5.75 Å². The number of carbonyl (C=O) groups is 2. The van der Waals surface area contributed by atoms with Gasteiger partial charge in [0.2, 0.25) is 0 Å². The molecule has 0 bridgehead atoms. The van der Waals surface area contributed by atoms with Crippen LogP contribution in [0.15, 0.2) is 82.0 Å². The van der Waals surface area contributed by atoms with E-state index in [-0.39, 0.29) is 17.9 Å². The second kappa shape index (κ2) is 10.5. The van der Waals surface area contributed by atoms with Gasteiger partial charge in [-0.2, -0.15) is 0 Å². The summed E-state index contributed by atoms with van der Waals surface area (Å²) in [5.41, 5.74) is 2.11. The van der Waals surface area contributed by atoms with Crippen LogP contribution in [0.3, 0.4) is 0 Å². The minimum absolute atomic E-state index is 0.103. The fourth-order valence-electron chi connectivity index (χ4n) is 3.38. The maximum atomic E-state index is 12.2. The number of nitrogens with one attached hydrogen (secondary N) is 1. The number of nitro benzene ring substituents is 1. The Morgan fingerprint density at radius 3 is 2.42 bits per heavy atom. The SMILES string of the molecule is Cc1cc(=O)oc2cc(OCc3ccc(C(=O)OCC(=O)Nc4ccc([N+](=O)[O-])cc4)cc3)ccc12. The summed E-state index contributed by atoms with van der Waals surface area (Å²) >= 11 is 0. The molecule has 36 heavy (non-hydrogen) atoms. The summed E-state index contributed by atoms with van der Waals surface area (Å²) in [7, 11) is 0. The van der Waals surface area contributed by atoms with Gasteiger partial charge in [-0.1, -0.05) is 12.1 Å².